The molecule has 1 unspecified atom stereocenters. The van der Waals surface area contributed by atoms with E-state index in [1.165, 1.54) is 0 Å². The molecule has 0 saturated heterocycles. The Morgan fingerprint density at radius 2 is 1.69 bits per heavy atom. The van der Waals surface area contributed by atoms with Crippen LogP contribution in [0.2, 0.25) is 0 Å². The molecule has 1 fully saturated rings. The number of nitrogens with one attached hydrogen (secondary N) is 1. The Hall–Kier alpha value is -3.09. The summed E-state index contributed by atoms with van der Waals surface area (Å²) in [6.07, 6.45) is 2.17. The van der Waals surface area contributed by atoms with Gasteiger partial charge in [-0.25, -0.2) is 0 Å². The highest BCUT2D eigenvalue weighted by Gasteiger charge is 2.34. The fourth-order valence-electron chi connectivity index (χ4n) is 3.79. The van der Waals surface area contributed by atoms with E-state index in [0.29, 0.717) is 55.2 Å². The highest BCUT2D eigenvalue weighted by Crippen LogP contribution is 2.44. The number of carbonyl (C=O) groups is 1. The second kappa shape index (κ2) is 7.39. The second-order valence-corrected chi connectivity index (χ2v) is 7.39. The van der Waals surface area contributed by atoms with Crippen LogP contribution in [0.25, 0.3) is 0 Å². The number of hydrogen-bond acceptors (Lipinski definition) is 6. The van der Waals surface area contributed by atoms with E-state index >= 15 is 0 Å². The number of hydrogen-bond donors (Lipinski definition) is 1. The molecule has 0 bridgehead atoms. The Labute approximate surface area is 168 Å². The standard InChI is InChI=1S/C22H23NO6/c1-25-18-11-15(12-19-21(18)29-9-8-28-19)22(24)23-20(13-2-3-13)14-4-5-16-17(10-14)27-7-6-26-16/h4-5,10-13,20H,2-3,6-9H2,1H3,(H,23,24). The summed E-state index contributed by atoms with van der Waals surface area (Å²) in [5, 5.41) is 3.19. The van der Waals surface area contributed by atoms with Crippen LogP contribution < -0.4 is 29.0 Å². The molecule has 1 saturated carbocycles. The highest BCUT2D eigenvalue weighted by molar-refractivity contribution is 5.96. The average molecular weight is 397 g/mol. The molecule has 2 aliphatic heterocycles. The summed E-state index contributed by atoms with van der Waals surface area (Å²) in [5.74, 6) is 3.29. The molecular formula is C22H23NO6. The minimum absolute atomic E-state index is 0.0856. The summed E-state index contributed by atoms with van der Waals surface area (Å²) in [4.78, 5) is 13.1. The predicted molar refractivity (Wildman–Crippen MR) is 104 cm³/mol. The van der Waals surface area contributed by atoms with E-state index in [-0.39, 0.29) is 11.9 Å². The molecule has 152 valence electrons. The molecule has 0 spiro atoms. The molecule has 1 atom stereocenters. The molecule has 0 radical (unpaired) electrons. The lowest BCUT2D eigenvalue weighted by Crippen LogP contribution is -2.30. The first-order valence-corrected chi connectivity index (χ1v) is 9.91. The number of amides is 1. The quantitative estimate of drug-likeness (QED) is 0.836. The first-order valence-electron chi connectivity index (χ1n) is 9.91. The van der Waals surface area contributed by atoms with Crippen LogP contribution in [0.3, 0.4) is 0 Å². The summed E-state index contributed by atoms with van der Waals surface area (Å²) < 4.78 is 28.0. The Morgan fingerprint density at radius 3 is 2.45 bits per heavy atom. The Kier molecular flexibility index (Phi) is 4.58. The van der Waals surface area contributed by atoms with Crippen molar-refractivity contribution in [2.45, 2.75) is 18.9 Å². The molecule has 1 aliphatic carbocycles. The van der Waals surface area contributed by atoms with Crippen molar-refractivity contribution < 1.29 is 28.5 Å². The fraction of sp³-hybridized carbons (Fsp3) is 0.409. The monoisotopic (exact) mass is 397 g/mol. The van der Waals surface area contributed by atoms with Crippen LogP contribution in [0.15, 0.2) is 30.3 Å². The van der Waals surface area contributed by atoms with E-state index in [1.54, 1.807) is 19.2 Å². The summed E-state index contributed by atoms with van der Waals surface area (Å²) >= 11 is 0. The number of methoxy groups -OCH3 is 1. The van der Waals surface area contributed by atoms with Gasteiger partial charge in [0.15, 0.2) is 23.0 Å². The van der Waals surface area contributed by atoms with Crippen molar-refractivity contribution in [3.63, 3.8) is 0 Å². The van der Waals surface area contributed by atoms with E-state index < -0.39 is 0 Å². The SMILES string of the molecule is COc1cc(C(=O)NC(c2ccc3c(c2)OCCO3)C2CC2)cc2c1OCCO2. The lowest BCUT2D eigenvalue weighted by molar-refractivity contribution is 0.0929. The maximum Gasteiger partial charge on any atom is 0.252 e. The van der Waals surface area contributed by atoms with Gasteiger partial charge in [0.05, 0.1) is 13.2 Å². The number of carbonyl (C=O) groups excluding carboxylic acids is 1. The molecule has 7 nitrogen and oxygen atoms in total. The molecular weight excluding hydrogens is 374 g/mol. The van der Waals surface area contributed by atoms with Gasteiger partial charge in [0, 0.05) is 5.56 Å². The van der Waals surface area contributed by atoms with Gasteiger partial charge in [0.25, 0.3) is 5.91 Å². The van der Waals surface area contributed by atoms with Gasteiger partial charge in [-0.1, -0.05) is 6.07 Å². The number of rotatable bonds is 5. The van der Waals surface area contributed by atoms with E-state index in [2.05, 4.69) is 5.32 Å². The van der Waals surface area contributed by atoms with Crippen molar-refractivity contribution in [1.29, 1.82) is 0 Å². The third-order valence-electron chi connectivity index (χ3n) is 5.40. The highest BCUT2D eigenvalue weighted by atomic mass is 16.6. The summed E-state index contributed by atoms with van der Waals surface area (Å²) in [6.45, 7) is 2.00. The predicted octanol–water partition coefficient (Wildman–Crippen LogP) is 3.12. The molecule has 1 N–H and O–H groups in total. The van der Waals surface area contributed by atoms with Gasteiger partial charge in [0.1, 0.15) is 26.4 Å². The summed E-state index contributed by atoms with van der Waals surface area (Å²) in [6, 6.07) is 9.20. The van der Waals surface area contributed by atoms with Crippen LogP contribution in [-0.4, -0.2) is 39.4 Å². The van der Waals surface area contributed by atoms with Crippen molar-refractivity contribution in [2.24, 2.45) is 5.92 Å². The largest absolute Gasteiger partial charge is 0.493 e. The van der Waals surface area contributed by atoms with E-state index in [0.717, 1.165) is 29.9 Å². The van der Waals surface area contributed by atoms with Crippen LogP contribution in [-0.2, 0) is 0 Å². The number of ether oxygens (including phenoxy) is 5. The van der Waals surface area contributed by atoms with E-state index in [4.69, 9.17) is 23.7 Å². The molecule has 2 aromatic rings. The normalized spacial score (nSPS) is 18.0. The smallest absolute Gasteiger partial charge is 0.252 e. The summed E-state index contributed by atoms with van der Waals surface area (Å²) in [5.41, 5.74) is 1.50. The van der Waals surface area contributed by atoms with Crippen molar-refractivity contribution in [2.75, 3.05) is 33.5 Å². The topological polar surface area (TPSA) is 75.3 Å². The minimum atomic E-state index is -0.174. The number of fused-ring (bicyclic) bond motifs is 2. The van der Waals surface area contributed by atoms with Crippen LogP contribution in [0.1, 0.15) is 34.8 Å². The Morgan fingerprint density at radius 1 is 0.966 bits per heavy atom. The Balaban J connectivity index is 1.41. The molecule has 2 heterocycles. The van der Waals surface area contributed by atoms with Crippen molar-refractivity contribution in [1.82, 2.24) is 5.32 Å². The zero-order valence-electron chi connectivity index (χ0n) is 16.2. The first kappa shape index (κ1) is 18.0. The molecule has 5 rings (SSSR count). The lowest BCUT2D eigenvalue weighted by atomic mass is 10.0. The van der Waals surface area contributed by atoms with E-state index in [1.807, 2.05) is 18.2 Å². The fourth-order valence-corrected chi connectivity index (χ4v) is 3.79. The van der Waals surface area contributed by atoms with Crippen LogP contribution in [0.4, 0.5) is 0 Å². The third kappa shape index (κ3) is 3.52. The second-order valence-electron chi connectivity index (χ2n) is 7.39. The van der Waals surface area contributed by atoms with Gasteiger partial charge >= 0.3 is 0 Å². The molecule has 3 aliphatic rings. The molecule has 0 aromatic heterocycles. The first-order chi connectivity index (χ1) is 14.2. The summed E-state index contributed by atoms with van der Waals surface area (Å²) in [7, 11) is 1.55. The van der Waals surface area contributed by atoms with Crippen molar-refractivity contribution in [3.05, 3.63) is 41.5 Å². The molecule has 7 heteroatoms. The number of benzene rings is 2. The lowest BCUT2D eigenvalue weighted by Gasteiger charge is -2.24. The van der Waals surface area contributed by atoms with Gasteiger partial charge in [-0.05, 0) is 48.6 Å². The molecule has 2 aromatic carbocycles. The van der Waals surface area contributed by atoms with Crippen molar-refractivity contribution in [3.8, 4) is 28.7 Å². The van der Waals surface area contributed by atoms with Gasteiger partial charge in [-0.15, -0.1) is 0 Å². The van der Waals surface area contributed by atoms with Gasteiger partial charge in [-0.3, -0.25) is 4.79 Å². The average Bonchev–Trinajstić information content (AvgIpc) is 3.61. The van der Waals surface area contributed by atoms with Gasteiger partial charge in [-0.2, -0.15) is 0 Å². The molecule has 1 amide bonds. The molecule has 29 heavy (non-hydrogen) atoms. The van der Waals surface area contributed by atoms with Crippen LogP contribution in [0.5, 0.6) is 28.7 Å². The zero-order chi connectivity index (χ0) is 19.8. The van der Waals surface area contributed by atoms with Crippen LogP contribution in [0, 0.1) is 5.92 Å². The minimum Gasteiger partial charge on any atom is -0.493 e. The van der Waals surface area contributed by atoms with Crippen LogP contribution >= 0.6 is 0 Å². The Bertz CT molecular complexity index is 922. The maximum absolute atomic E-state index is 13.1. The maximum atomic E-state index is 13.1. The van der Waals surface area contributed by atoms with E-state index in [9.17, 15) is 4.79 Å². The van der Waals surface area contributed by atoms with Crippen molar-refractivity contribution >= 4 is 5.91 Å². The van der Waals surface area contributed by atoms with Gasteiger partial charge in [0.2, 0.25) is 5.75 Å². The third-order valence-corrected chi connectivity index (χ3v) is 5.40. The zero-order valence-corrected chi connectivity index (χ0v) is 16.2. The van der Waals surface area contributed by atoms with Gasteiger partial charge < -0.3 is 29.0 Å².